The first-order valence-corrected chi connectivity index (χ1v) is 8.00. The Morgan fingerprint density at radius 3 is 2.62 bits per heavy atom. The van der Waals surface area contributed by atoms with Crippen molar-refractivity contribution in [1.29, 1.82) is 0 Å². The highest BCUT2D eigenvalue weighted by Crippen LogP contribution is 2.18. The van der Waals surface area contributed by atoms with Crippen molar-refractivity contribution in [2.75, 3.05) is 26.2 Å². The van der Waals surface area contributed by atoms with Crippen molar-refractivity contribution in [3.05, 3.63) is 0 Å². The normalized spacial score (nSPS) is 17.6. The van der Waals surface area contributed by atoms with Crippen molar-refractivity contribution in [3.63, 3.8) is 0 Å². The molecule has 4 N–H and O–H groups in total. The molecule has 21 heavy (non-hydrogen) atoms. The molecule has 0 aliphatic carbocycles. The monoisotopic (exact) mass is 299 g/mol. The molecule has 1 heterocycles. The molecule has 0 spiro atoms. The van der Waals surface area contributed by atoms with Crippen LogP contribution < -0.4 is 11.1 Å². The first kappa shape index (κ1) is 17.9. The fraction of sp³-hybridized carbons (Fsp3) is 0.867. The summed E-state index contributed by atoms with van der Waals surface area (Å²) >= 11 is 0. The summed E-state index contributed by atoms with van der Waals surface area (Å²) in [4.78, 5) is 25.8. The third-order valence-corrected chi connectivity index (χ3v) is 3.95. The van der Waals surface area contributed by atoms with E-state index in [2.05, 4.69) is 12.2 Å². The number of aliphatic hydroxyl groups is 1. The molecule has 0 radical (unpaired) electrons. The van der Waals surface area contributed by atoms with Gasteiger partial charge < -0.3 is 21.1 Å². The molecule has 0 saturated carbocycles. The van der Waals surface area contributed by atoms with Gasteiger partial charge in [0.15, 0.2) is 0 Å². The highest BCUT2D eigenvalue weighted by Gasteiger charge is 2.27. The second-order valence-electron chi connectivity index (χ2n) is 5.78. The molecule has 0 aromatic rings. The van der Waals surface area contributed by atoms with E-state index in [1.54, 1.807) is 0 Å². The van der Waals surface area contributed by atoms with Crippen LogP contribution in [0.15, 0.2) is 0 Å². The van der Waals surface area contributed by atoms with Crippen LogP contribution in [0.25, 0.3) is 0 Å². The van der Waals surface area contributed by atoms with Gasteiger partial charge >= 0.3 is 0 Å². The molecular formula is C15H29N3O3. The number of aliphatic hydroxyl groups excluding tert-OH is 1. The van der Waals surface area contributed by atoms with Gasteiger partial charge in [-0.1, -0.05) is 13.3 Å². The van der Waals surface area contributed by atoms with E-state index in [1.807, 2.05) is 4.90 Å². The number of hydrogen-bond donors (Lipinski definition) is 3. The van der Waals surface area contributed by atoms with Crippen LogP contribution in [0.4, 0.5) is 0 Å². The van der Waals surface area contributed by atoms with E-state index >= 15 is 0 Å². The van der Waals surface area contributed by atoms with Gasteiger partial charge in [0.05, 0.1) is 0 Å². The van der Waals surface area contributed by atoms with Gasteiger partial charge in [0, 0.05) is 44.6 Å². The van der Waals surface area contributed by atoms with E-state index in [0.717, 1.165) is 12.8 Å². The minimum Gasteiger partial charge on any atom is -0.396 e. The lowest BCUT2D eigenvalue weighted by molar-refractivity contribution is -0.135. The molecule has 1 aliphatic heterocycles. The number of nitrogens with two attached hydrogens (primary N) is 1. The van der Waals surface area contributed by atoms with Crippen LogP contribution in [0.2, 0.25) is 0 Å². The molecule has 1 saturated heterocycles. The standard InChI is InChI=1S/C15H29N3O3/c1-2-4-13(16)11-14(20)18-8-5-12(6-9-18)15(21)17-7-3-10-19/h12-13,19H,2-11,16H2,1H3,(H,17,21). The summed E-state index contributed by atoms with van der Waals surface area (Å²) < 4.78 is 0. The Labute approximate surface area is 127 Å². The minimum atomic E-state index is -0.0537. The smallest absolute Gasteiger partial charge is 0.224 e. The molecular weight excluding hydrogens is 270 g/mol. The number of carbonyl (C=O) groups excluding carboxylic acids is 2. The van der Waals surface area contributed by atoms with E-state index in [4.69, 9.17) is 10.8 Å². The van der Waals surface area contributed by atoms with Crippen molar-refractivity contribution >= 4 is 11.8 Å². The number of piperidine rings is 1. The van der Waals surface area contributed by atoms with Crippen LogP contribution in [0.3, 0.4) is 0 Å². The highest BCUT2D eigenvalue weighted by atomic mass is 16.3. The Morgan fingerprint density at radius 1 is 1.38 bits per heavy atom. The summed E-state index contributed by atoms with van der Waals surface area (Å²) in [5, 5.41) is 11.5. The maximum absolute atomic E-state index is 12.1. The van der Waals surface area contributed by atoms with Crippen LogP contribution in [0.5, 0.6) is 0 Å². The lowest BCUT2D eigenvalue weighted by atomic mass is 9.95. The van der Waals surface area contributed by atoms with Gasteiger partial charge in [-0.05, 0) is 25.7 Å². The van der Waals surface area contributed by atoms with E-state index in [1.165, 1.54) is 0 Å². The van der Waals surface area contributed by atoms with Gasteiger partial charge in [-0.3, -0.25) is 9.59 Å². The maximum Gasteiger partial charge on any atom is 0.224 e. The minimum absolute atomic E-state index is 0.0166. The van der Waals surface area contributed by atoms with Crippen LogP contribution in [-0.2, 0) is 9.59 Å². The maximum atomic E-state index is 12.1. The fourth-order valence-corrected chi connectivity index (χ4v) is 2.65. The largest absolute Gasteiger partial charge is 0.396 e. The van der Waals surface area contributed by atoms with Crippen LogP contribution in [0.1, 0.15) is 45.4 Å². The quantitative estimate of drug-likeness (QED) is 0.560. The molecule has 0 aromatic carbocycles. The third kappa shape index (κ3) is 6.44. The number of amides is 2. The van der Waals surface area contributed by atoms with Crippen molar-refractivity contribution in [2.24, 2.45) is 11.7 Å². The molecule has 1 unspecified atom stereocenters. The molecule has 1 fully saturated rings. The number of hydrogen-bond acceptors (Lipinski definition) is 4. The summed E-state index contributed by atoms with van der Waals surface area (Å²) in [5.41, 5.74) is 5.90. The molecule has 0 bridgehead atoms. The molecule has 6 nitrogen and oxygen atoms in total. The number of nitrogens with zero attached hydrogens (tertiary/aromatic N) is 1. The zero-order chi connectivity index (χ0) is 15.7. The molecule has 1 aliphatic rings. The first-order chi connectivity index (χ1) is 10.1. The number of rotatable bonds is 8. The summed E-state index contributed by atoms with van der Waals surface area (Å²) in [6, 6.07) is -0.0537. The lowest BCUT2D eigenvalue weighted by Crippen LogP contribution is -2.44. The zero-order valence-corrected chi connectivity index (χ0v) is 13.0. The van der Waals surface area contributed by atoms with Gasteiger partial charge in [0.1, 0.15) is 0 Å². The van der Waals surface area contributed by atoms with Gasteiger partial charge in [-0.25, -0.2) is 0 Å². The predicted octanol–water partition coefficient (Wildman–Crippen LogP) is 0.241. The summed E-state index contributed by atoms with van der Waals surface area (Å²) in [6.45, 7) is 3.93. The zero-order valence-electron chi connectivity index (χ0n) is 13.0. The Kier molecular flexibility index (Phi) is 8.30. The van der Waals surface area contributed by atoms with Gasteiger partial charge in [-0.2, -0.15) is 0 Å². The lowest BCUT2D eigenvalue weighted by Gasteiger charge is -2.32. The summed E-state index contributed by atoms with van der Waals surface area (Å²) in [7, 11) is 0. The Morgan fingerprint density at radius 2 is 2.05 bits per heavy atom. The molecule has 2 amide bonds. The van der Waals surface area contributed by atoms with Crippen LogP contribution in [0, 0.1) is 5.92 Å². The summed E-state index contributed by atoms with van der Waals surface area (Å²) in [6.07, 6.45) is 4.26. The van der Waals surface area contributed by atoms with Gasteiger partial charge in [0.2, 0.25) is 11.8 Å². The van der Waals surface area contributed by atoms with E-state index in [0.29, 0.717) is 45.3 Å². The average molecular weight is 299 g/mol. The molecule has 1 atom stereocenters. The van der Waals surface area contributed by atoms with Gasteiger partial charge in [-0.15, -0.1) is 0 Å². The molecule has 122 valence electrons. The van der Waals surface area contributed by atoms with Crippen molar-refractivity contribution in [2.45, 2.75) is 51.5 Å². The second kappa shape index (κ2) is 9.73. The number of likely N-dealkylation sites (tertiary alicyclic amines) is 1. The molecule has 6 heteroatoms. The Hall–Kier alpha value is -1.14. The van der Waals surface area contributed by atoms with Crippen molar-refractivity contribution in [1.82, 2.24) is 10.2 Å². The molecule has 0 aromatic heterocycles. The van der Waals surface area contributed by atoms with Crippen LogP contribution >= 0.6 is 0 Å². The highest BCUT2D eigenvalue weighted by molar-refractivity contribution is 5.80. The van der Waals surface area contributed by atoms with Crippen LogP contribution in [-0.4, -0.2) is 54.1 Å². The van der Waals surface area contributed by atoms with E-state index < -0.39 is 0 Å². The SMILES string of the molecule is CCCC(N)CC(=O)N1CCC(C(=O)NCCCO)CC1. The van der Waals surface area contributed by atoms with E-state index in [9.17, 15) is 9.59 Å². The fourth-order valence-electron chi connectivity index (χ4n) is 2.65. The van der Waals surface area contributed by atoms with Crippen molar-refractivity contribution < 1.29 is 14.7 Å². The van der Waals surface area contributed by atoms with Crippen molar-refractivity contribution in [3.8, 4) is 0 Å². The topological polar surface area (TPSA) is 95.7 Å². The predicted molar refractivity (Wildman–Crippen MR) is 81.5 cm³/mol. The number of carbonyl (C=O) groups is 2. The van der Waals surface area contributed by atoms with Gasteiger partial charge in [0.25, 0.3) is 0 Å². The Bertz CT molecular complexity index is 328. The second-order valence-corrected chi connectivity index (χ2v) is 5.78. The Balaban J connectivity index is 2.28. The molecule has 1 rings (SSSR count). The summed E-state index contributed by atoms with van der Waals surface area (Å²) in [5.74, 6) is 0.130. The first-order valence-electron chi connectivity index (χ1n) is 8.00. The number of nitrogens with one attached hydrogen (secondary N) is 1. The third-order valence-electron chi connectivity index (χ3n) is 3.95. The van der Waals surface area contributed by atoms with E-state index in [-0.39, 0.29) is 30.4 Å². The average Bonchev–Trinajstić information content (AvgIpc) is 2.47.